The lowest BCUT2D eigenvalue weighted by molar-refractivity contribution is 0.0690. The Morgan fingerprint density at radius 1 is 1.67 bits per heavy atom. The summed E-state index contributed by atoms with van der Waals surface area (Å²) in [7, 11) is 1.98. The van der Waals surface area contributed by atoms with Gasteiger partial charge in [0.1, 0.15) is 0 Å². The van der Waals surface area contributed by atoms with Gasteiger partial charge in [-0.1, -0.05) is 0 Å². The number of nitrogens with two attached hydrogens (primary N) is 1. The van der Waals surface area contributed by atoms with Gasteiger partial charge in [-0.25, -0.2) is 9.78 Å². The van der Waals surface area contributed by atoms with E-state index in [2.05, 4.69) is 9.88 Å². The third-order valence-electron chi connectivity index (χ3n) is 2.63. The molecule has 0 amide bonds. The monoisotopic (exact) mass is 207 g/mol. The number of nitrogens with zero attached hydrogens (tertiary/aromatic N) is 2. The van der Waals surface area contributed by atoms with Crippen molar-refractivity contribution in [2.45, 2.75) is 13.0 Å². The first-order chi connectivity index (χ1) is 7.08. The molecule has 1 aromatic rings. The van der Waals surface area contributed by atoms with Gasteiger partial charge in [0.2, 0.25) is 0 Å². The van der Waals surface area contributed by atoms with E-state index in [1.807, 2.05) is 7.05 Å². The number of carboxylic acids is 1. The fourth-order valence-electron chi connectivity index (χ4n) is 1.81. The highest BCUT2D eigenvalue weighted by Crippen LogP contribution is 2.22. The number of hydrogen-bond donors (Lipinski definition) is 2. The molecule has 0 aromatic carbocycles. The maximum absolute atomic E-state index is 10.8. The minimum absolute atomic E-state index is 0.0292. The molecule has 0 fully saturated rings. The van der Waals surface area contributed by atoms with Gasteiger partial charge in [-0.15, -0.1) is 0 Å². The summed E-state index contributed by atoms with van der Waals surface area (Å²) in [6, 6.07) is 1.44. The molecule has 0 unspecified atom stereocenters. The number of likely N-dealkylation sites (N-methyl/N-ethyl adjacent to an activating group) is 1. The van der Waals surface area contributed by atoms with Gasteiger partial charge in [0, 0.05) is 18.8 Å². The first-order valence-electron chi connectivity index (χ1n) is 4.78. The van der Waals surface area contributed by atoms with Crippen molar-refractivity contribution in [3.63, 3.8) is 0 Å². The summed E-state index contributed by atoms with van der Waals surface area (Å²) >= 11 is 0. The molecule has 80 valence electrons. The van der Waals surface area contributed by atoms with Crippen LogP contribution < -0.4 is 5.73 Å². The number of nitrogen functional groups attached to an aromatic ring is 1. The number of aromatic nitrogens is 1. The molecular weight excluding hydrogens is 194 g/mol. The van der Waals surface area contributed by atoms with Crippen molar-refractivity contribution in [2.75, 3.05) is 19.3 Å². The van der Waals surface area contributed by atoms with Crippen LogP contribution in [0.25, 0.3) is 0 Å². The molecule has 0 bridgehead atoms. The zero-order chi connectivity index (χ0) is 11.0. The van der Waals surface area contributed by atoms with Gasteiger partial charge >= 0.3 is 5.97 Å². The second kappa shape index (κ2) is 3.51. The molecule has 3 N–H and O–H groups in total. The van der Waals surface area contributed by atoms with Crippen LogP contribution in [0.2, 0.25) is 0 Å². The quantitative estimate of drug-likeness (QED) is 0.694. The number of pyridine rings is 1. The van der Waals surface area contributed by atoms with E-state index in [4.69, 9.17) is 10.8 Å². The smallest absolute Gasteiger partial charge is 0.354 e. The third kappa shape index (κ3) is 1.78. The van der Waals surface area contributed by atoms with Crippen LogP contribution in [0.4, 0.5) is 5.69 Å². The SMILES string of the molecule is CN1CCc2c(N)cc(C(=O)O)nc2C1. The number of carbonyl (C=O) groups is 1. The predicted octanol–water partition coefficient (Wildman–Crippen LogP) is 0.350. The van der Waals surface area contributed by atoms with Crippen LogP contribution in [-0.2, 0) is 13.0 Å². The van der Waals surface area contributed by atoms with Gasteiger partial charge in [0.25, 0.3) is 0 Å². The molecule has 2 heterocycles. The first-order valence-corrected chi connectivity index (χ1v) is 4.78. The van der Waals surface area contributed by atoms with Gasteiger partial charge in [0.05, 0.1) is 5.69 Å². The number of rotatable bonds is 1. The molecular formula is C10H13N3O2. The average Bonchev–Trinajstić information content (AvgIpc) is 2.16. The molecule has 0 atom stereocenters. The molecule has 5 nitrogen and oxygen atoms in total. The maximum atomic E-state index is 10.8. The van der Waals surface area contributed by atoms with E-state index in [0.717, 1.165) is 24.2 Å². The van der Waals surface area contributed by atoms with Gasteiger partial charge in [0.15, 0.2) is 5.69 Å². The summed E-state index contributed by atoms with van der Waals surface area (Å²) < 4.78 is 0. The van der Waals surface area contributed by atoms with Crippen molar-refractivity contribution in [3.05, 3.63) is 23.0 Å². The van der Waals surface area contributed by atoms with Crippen LogP contribution in [0.3, 0.4) is 0 Å². The molecule has 1 aliphatic heterocycles. The zero-order valence-corrected chi connectivity index (χ0v) is 8.53. The van der Waals surface area contributed by atoms with Crippen LogP contribution in [0.15, 0.2) is 6.07 Å². The van der Waals surface area contributed by atoms with Crippen molar-refractivity contribution in [1.82, 2.24) is 9.88 Å². The number of carboxylic acid groups (broad SMARTS) is 1. The van der Waals surface area contributed by atoms with E-state index in [9.17, 15) is 4.79 Å². The standard InChI is InChI=1S/C10H13N3O2/c1-13-3-2-6-7(11)4-8(10(14)15)12-9(6)5-13/h4H,2-3,5H2,1H3,(H2,11,12)(H,14,15). The molecule has 0 radical (unpaired) electrons. The molecule has 0 saturated carbocycles. The van der Waals surface area contributed by atoms with E-state index >= 15 is 0 Å². The van der Waals surface area contributed by atoms with Gasteiger partial charge in [-0.2, -0.15) is 0 Å². The lowest BCUT2D eigenvalue weighted by Gasteiger charge is -2.25. The van der Waals surface area contributed by atoms with E-state index < -0.39 is 5.97 Å². The molecule has 0 saturated heterocycles. The Kier molecular flexibility index (Phi) is 2.32. The van der Waals surface area contributed by atoms with Crippen molar-refractivity contribution < 1.29 is 9.90 Å². The average molecular weight is 207 g/mol. The Bertz CT molecular complexity index is 417. The highest BCUT2D eigenvalue weighted by atomic mass is 16.4. The minimum Gasteiger partial charge on any atom is -0.477 e. The number of hydrogen-bond acceptors (Lipinski definition) is 4. The summed E-state index contributed by atoms with van der Waals surface area (Å²) in [5.41, 5.74) is 8.17. The lowest BCUT2D eigenvalue weighted by Crippen LogP contribution is -2.28. The minimum atomic E-state index is -1.03. The molecule has 2 rings (SSSR count). The Morgan fingerprint density at radius 3 is 3.07 bits per heavy atom. The van der Waals surface area contributed by atoms with Crippen LogP contribution in [0.5, 0.6) is 0 Å². The van der Waals surface area contributed by atoms with Crippen molar-refractivity contribution in [1.29, 1.82) is 0 Å². The summed E-state index contributed by atoms with van der Waals surface area (Å²) in [6.07, 6.45) is 0.838. The Hall–Kier alpha value is -1.62. The number of fused-ring (bicyclic) bond motifs is 1. The third-order valence-corrected chi connectivity index (χ3v) is 2.63. The number of aromatic carboxylic acids is 1. The largest absolute Gasteiger partial charge is 0.477 e. The second-order valence-electron chi connectivity index (χ2n) is 3.81. The summed E-state index contributed by atoms with van der Waals surface area (Å²) in [5, 5.41) is 8.85. The lowest BCUT2D eigenvalue weighted by atomic mass is 10.0. The van der Waals surface area contributed by atoms with Crippen LogP contribution in [0.1, 0.15) is 21.7 Å². The topological polar surface area (TPSA) is 79.5 Å². The Balaban J connectivity index is 2.48. The van der Waals surface area contributed by atoms with Crippen molar-refractivity contribution >= 4 is 11.7 Å². The van der Waals surface area contributed by atoms with E-state index in [-0.39, 0.29) is 5.69 Å². The van der Waals surface area contributed by atoms with Crippen molar-refractivity contribution in [3.8, 4) is 0 Å². The predicted molar refractivity (Wildman–Crippen MR) is 55.6 cm³/mol. The van der Waals surface area contributed by atoms with Crippen molar-refractivity contribution in [2.24, 2.45) is 0 Å². The summed E-state index contributed by atoms with van der Waals surface area (Å²) in [5.74, 6) is -1.03. The van der Waals surface area contributed by atoms with E-state index in [1.165, 1.54) is 6.07 Å². The normalized spacial score (nSPS) is 16.1. The molecule has 0 spiro atoms. The van der Waals surface area contributed by atoms with E-state index in [0.29, 0.717) is 12.2 Å². The molecule has 5 heteroatoms. The van der Waals surface area contributed by atoms with Crippen LogP contribution >= 0.6 is 0 Å². The van der Waals surface area contributed by atoms with Gasteiger partial charge < -0.3 is 15.7 Å². The second-order valence-corrected chi connectivity index (χ2v) is 3.81. The fraction of sp³-hybridized carbons (Fsp3) is 0.400. The highest BCUT2D eigenvalue weighted by molar-refractivity contribution is 5.86. The summed E-state index contributed by atoms with van der Waals surface area (Å²) in [6.45, 7) is 1.60. The van der Waals surface area contributed by atoms with Crippen LogP contribution in [0, 0.1) is 0 Å². The summed E-state index contributed by atoms with van der Waals surface area (Å²) in [4.78, 5) is 17.0. The van der Waals surface area contributed by atoms with Crippen LogP contribution in [-0.4, -0.2) is 34.6 Å². The molecule has 1 aliphatic rings. The fourth-order valence-corrected chi connectivity index (χ4v) is 1.81. The maximum Gasteiger partial charge on any atom is 0.354 e. The number of anilines is 1. The first kappa shape index (κ1) is 9.92. The zero-order valence-electron chi connectivity index (χ0n) is 8.53. The molecule has 0 aliphatic carbocycles. The van der Waals surface area contributed by atoms with E-state index in [1.54, 1.807) is 0 Å². The van der Waals surface area contributed by atoms with Gasteiger partial charge in [-0.05, 0) is 25.1 Å². The Morgan fingerprint density at radius 2 is 2.40 bits per heavy atom. The molecule has 15 heavy (non-hydrogen) atoms. The highest BCUT2D eigenvalue weighted by Gasteiger charge is 2.19. The molecule has 1 aromatic heterocycles. The van der Waals surface area contributed by atoms with Gasteiger partial charge in [-0.3, -0.25) is 0 Å². The Labute approximate surface area is 87.5 Å².